The van der Waals surface area contributed by atoms with Crippen molar-refractivity contribution in [2.45, 2.75) is 6.42 Å². The summed E-state index contributed by atoms with van der Waals surface area (Å²) < 4.78 is 0. The van der Waals surface area contributed by atoms with Gasteiger partial charge >= 0.3 is 21.7 Å². The molecule has 0 fully saturated rings. The van der Waals surface area contributed by atoms with Crippen LogP contribution in [0.2, 0.25) is 0 Å². The Morgan fingerprint density at radius 2 is 1.52 bits per heavy atom. The molecular weight excluding hydrogens is 359 g/mol. The molecule has 1 aliphatic rings. The molecule has 0 nitrogen and oxygen atoms in total. The minimum absolute atomic E-state index is 0. The second-order valence-corrected chi connectivity index (χ2v) is 5.21. The number of halogens is 2. The maximum atomic E-state index is 2.32. The van der Waals surface area contributed by atoms with Crippen molar-refractivity contribution in [3.63, 3.8) is 0 Å². The van der Waals surface area contributed by atoms with E-state index < -0.39 is 0 Å². The van der Waals surface area contributed by atoms with Crippen LogP contribution in [0.4, 0.5) is 0 Å². The molecule has 0 unspecified atom stereocenters. The van der Waals surface area contributed by atoms with Crippen LogP contribution in [0.25, 0.3) is 27.5 Å². The average Bonchev–Trinajstić information content (AvgIpc) is 3.14. The van der Waals surface area contributed by atoms with Gasteiger partial charge in [0.05, 0.1) is 0 Å². The minimum Gasteiger partial charge on any atom is -1.00 e. The van der Waals surface area contributed by atoms with Crippen molar-refractivity contribution >= 4 is 16.3 Å². The second kappa shape index (κ2) is 8.61. The first kappa shape index (κ1) is 19.9. The second-order valence-electron chi connectivity index (χ2n) is 5.21. The van der Waals surface area contributed by atoms with Crippen molar-refractivity contribution in [2.75, 3.05) is 0 Å². The number of benzene rings is 2. The SMILES string of the molecule is C1=CCC(c2c(-c3ccccc3)[cH-]c3ccccc23)=C1.[Cl-].[Cl-].[Ti+3]. The Kier molecular flexibility index (Phi) is 7.44. The molecule has 0 amide bonds. The van der Waals surface area contributed by atoms with E-state index in [-0.39, 0.29) is 46.5 Å². The molecule has 0 saturated heterocycles. The fourth-order valence-corrected chi connectivity index (χ4v) is 3.05. The van der Waals surface area contributed by atoms with Gasteiger partial charge in [-0.05, 0) is 6.42 Å². The van der Waals surface area contributed by atoms with Crippen LogP contribution in [0.1, 0.15) is 12.0 Å². The van der Waals surface area contributed by atoms with Crippen molar-refractivity contribution in [2.24, 2.45) is 0 Å². The monoisotopic (exact) mass is 373 g/mol. The van der Waals surface area contributed by atoms with Gasteiger partial charge in [-0.1, -0.05) is 77.9 Å². The van der Waals surface area contributed by atoms with E-state index in [4.69, 9.17) is 0 Å². The molecule has 0 atom stereocenters. The van der Waals surface area contributed by atoms with E-state index >= 15 is 0 Å². The number of hydrogen-bond donors (Lipinski definition) is 0. The van der Waals surface area contributed by atoms with Gasteiger partial charge in [0.25, 0.3) is 0 Å². The normalized spacial score (nSPS) is 12.1. The van der Waals surface area contributed by atoms with Crippen LogP contribution in [-0.2, 0) is 21.7 Å². The number of fused-ring (bicyclic) bond motifs is 1. The van der Waals surface area contributed by atoms with Crippen LogP contribution in [-0.4, -0.2) is 0 Å². The standard InChI is InChI=1S/C20H15.2ClH.Ti/c1-2-8-15(9-3-1)19-14-17-12-6-7-13-18(17)20(19)16-10-4-5-11-16;;;/h1-10,12-14H,11H2;2*1H;/q-1;;;+3/p-2. The topological polar surface area (TPSA) is 0 Å². The van der Waals surface area contributed by atoms with Crippen LogP contribution in [0.3, 0.4) is 0 Å². The third-order valence-electron chi connectivity index (χ3n) is 3.98. The summed E-state index contributed by atoms with van der Waals surface area (Å²) in [5.74, 6) is 0. The molecule has 0 spiro atoms. The molecule has 0 bridgehead atoms. The number of hydrogen-bond acceptors (Lipinski definition) is 0. The number of allylic oxidation sites excluding steroid dienone is 4. The Hall–Kier alpha value is -1.18. The van der Waals surface area contributed by atoms with E-state index in [2.05, 4.69) is 78.9 Å². The largest absolute Gasteiger partial charge is 3.00 e. The van der Waals surface area contributed by atoms with Gasteiger partial charge < -0.3 is 24.8 Å². The minimum atomic E-state index is 0. The molecule has 0 N–H and O–H groups in total. The quantitative estimate of drug-likeness (QED) is 0.422. The molecule has 23 heavy (non-hydrogen) atoms. The Bertz CT molecular complexity index is 829. The fourth-order valence-electron chi connectivity index (χ4n) is 3.05. The summed E-state index contributed by atoms with van der Waals surface area (Å²) in [7, 11) is 0. The van der Waals surface area contributed by atoms with Crippen LogP contribution >= 0.6 is 0 Å². The Morgan fingerprint density at radius 1 is 0.826 bits per heavy atom. The predicted octanol–water partition coefficient (Wildman–Crippen LogP) is -0.425. The van der Waals surface area contributed by atoms with Crippen LogP contribution in [0.15, 0.2) is 78.9 Å². The maximum Gasteiger partial charge on any atom is 3.00 e. The molecule has 0 heterocycles. The van der Waals surface area contributed by atoms with Crippen molar-refractivity contribution in [1.29, 1.82) is 0 Å². The van der Waals surface area contributed by atoms with Gasteiger partial charge in [-0.3, -0.25) is 0 Å². The summed E-state index contributed by atoms with van der Waals surface area (Å²) >= 11 is 0. The summed E-state index contributed by atoms with van der Waals surface area (Å²) in [4.78, 5) is 0. The van der Waals surface area contributed by atoms with E-state index in [1.165, 1.54) is 33.0 Å². The molecule has 113 valence electrons. The molecule has 1 radical (unpaired) electrons. The van der Waals surface area contributed by atoms with Gasteiger partial charge in [0.15, 0.2) is 0 Å². The predicted molar refractivity (Wildman–Crippen MR) is 86.7 cm³/mol. The fraction of sp³-hybridized carbons (Fsp3) is 0.0500. The van der Waals surface area contributed by atoms with Gasteiger partial charge in [-0.15, -0.1) is 34.0 Å². The summed E-state index contributed by atoms with van der Waals surface area (Å²) in [6.45, 7) is 0. The molecule has 0 saturated carbocycles. The summed E-state index contributed by atoms with van der Waals surface area (Å²) in [6, 6.07) is 21.7. The van der Waals surface area contributed by atoms with Gasteiger partial charge in [-0.25, -0.2) is 0 Å². The van der Waals surface area contributed by atoms with Crippen molar-refractivity contribution < 1.29 is 46.5 Å². The van der Waals surface area contributed by atoms with E-state index in [1.54, 1.807) is 0 Å². The molecule has 0 aromatic heterocycles. The van der Waals surface area contributed by atoms with Crippen molar-refractivity contribution in [3.8, 4) is 11.1 Å². The van der Waals surface area contributed by atoms with E-state index in [0.29, 0.717) is 0 Å². The van der Waals surface area contributed by atoms with E-state index in [0.717, 1.165) is 6.42 Å². The first-order valence-electron chi connectivity index (χ1n) is 7.03. The summed E-state index contributed by atoms with van der Waals surface area (Å²) in [5, 5.41) is 2.69. The Labute approximate surface area is 164 Å². The maximum absolute atomic E-state index is 2.32. The molecule has 3 heteroatoms. The van der Waals surface area contributed by atoms with Crippen molar-refractivity contribution in [1.82, 2.24) is 0 Å². The molecule has 0 aliphatic heterocycles. The zero-order chi connectivity index (χ0) is 13.4. The third kappa shape index (κ3) is 3.67. The van der Waals surface area contributed by atoms with E-state index in [1.807, 2.05) is 0 Å². The summed E-state index contributed by atoms with van der Waals surface area (Å²) in [6.07, 6.45) is 7.67. The molecule has 4 rings (SSSR count). The first-order chi connectivity index (χ1) is 9.93. The Balaban J connectivity index is 0.000000882. The molecular formula is C20H15Cl2Ti. The number of rotatable bonds is 2. The summed E-state index contributed by atoms with van der Waals surface area (Å²) in [5.41, 5.74) is 5.47. The molecule has 1 aliphatic carbocycles. The van der Waals surface area contributed by atoms with Gasteiger partial charge in [0.1, 0.15) is 0 Å². The van der Waals surface area contributed by atoms with Crippen molar-refractivity contribution in [3.05, 3.63) is 84.5 Å². The zero-order valence-electron chi connectivity index (χ0n) is 12.5. The molecule has 3 aromatic rings. The van der Waals surface area contributed by atoms with E-state index in [9.17, 15) is 0 Å². The van der Waals surface area contributed by atoms with Gasteiger partial charge in [0.2, 0.25) is 0 Å². The zero-order valence-corrected chi connectivity index (χ0v) is 15.5. The third-order valence-corrected chi connectivity index (χ3v) is 3.98. The van der Waals surface area contributed by atoms with Crippen LogP contribution < -0.4 is 24.8 Å². The van der Waals surface area contributed by atoms with Crippen LogP contribution in [0.5, 0.6) is 0 Å². The van der Waals surface area contributed by atoms with Gasteiger partial charge in [-0.2, -0.15) is 0 Å². The average molecular weight is 374 g/mol. The molecule has 3 aromatic carbocycles. The van der Waals surface area contributed by atoms with Crippen LogP contribution in [0, 0.1) is 0 Å². The Morgan fingerprint density at radius 3 is 2.22 bits per heavy atom. The smallest absolute Gasteiger partial charge is 1.00 e. The first-order valence-corrected chi connectivity index (χ1v) is 7.03. The van der Waals surface area contributed by atoms with Gasteiger partial charge in [0, 0.05) is 0 Å².